The highest BCUT2D eigenvalue weighted by Crippen LogP contribution is 2.54. The average molecular weight is 2080 g/mol. The number of likely N-dealkylation sites (tertiary alicyclic amines) is 3. The topological polar surface area (TPSA) is 429 Å². The zero-order chi connectivity index (χ0) is 99.7. The van der Waals surface area contributed by atoms with Crippen LogP contribution in [0.3, 0.4) is 0 Å². The molecule has 39 nitrogen and oxygen atoms in total. The van der Waals surface area contributed by atoms with Crippen LogP contribution in [-0.2, 0) is 47.3 Å². The minimum atomic E-state index is -2.91. The number of carboxylic acid groups (broad SMARTS) is 1. The van der Waals surface area contributed by atoms with Gasteiger partial charge in [0.1, 0.15) is 28.6 Å². The number of rotatable bonds is 20. The summed E-state index contributed by atoms with van der Waals surface area (Å²) in [6, 6.07) is 15.6. The summed E-state index contributed by atoms with van der Waals surface area (Å²) < 4.78 is 67.8. The second kappa shape index (κ2) is 45.9. The molecular weight excluding hydrogens is 1940 g/mol. The molecule has 22 rings (SSSR count). The van der Waals surface area contributed by atoms with Crippen LogP contribution in [0.2, 0.25) is 0 Å². The Morgan fingerprint density at radius 2 is 0.870 bits per heavy atom. The van der Waals surface area contributed by atoms with Crippen molar-refractivity contribution in [1.29, 1.82) is 10.5 Å². The van der Waals surface area contributed by atoms with Crippen molar-refractivity contribution in [2.75, 3.05) is 80.2 Å². The van der Waals surface area contributed by atoms with Crippen molar-refractivity contribution in [3.05, 3.63) is 180 Å². The van der Waals surface area contributed by atoms with E-state index in [1.807, 2.05) is 131 Å². The molecule has 7 N–H and O–H groups in total. The van der Waals surface area contributed by atoms with Crippen molar-refractivity contribution in [2.45, 2.75) is 247 Å². The Kier molecular flexibility index (Phi) is 35.1. The van der Waals surface area contributed by atoms with Crippen LogP contribution in [0.4, 0.5) is 73.7 Å². The number of ether oxygens (including phenoxy) is 2. The Bertz CT molecular complexity index is 6360. The van der Waals surface area contributed by atoms with Gasteiger partial charge in [-0.3, -0.25) is 43.0 Å². The molecule has 790 valence electrons. The summed E-state index contributed by atoms with van der Waals surface area (Å²) >= 11 is 0. The van der Waals surface area contributed by atoms with E-state index in [2.05, 4.69) is 138 Å². The molecule has 8 saturated heterocycles. The maximum Gasteiger partial charge on any atom is 0.410 e. The Morgan fingerprint density at radius 1 is 0.514 bits per heavy atom. The lowest BCUT2D eigenvalue weighted by Gasteiger charge is -2.57. The minimum absolute atomic E-state index is 0. The van der Waals surface area contributed by atoms with Crippen LogP contribution in [0.25, 0.3) is 32.0 Å². The van der Waals surface area contributed by atoms with Crippen molar-refractivity contribution in [3.8, 4) is 12.1 Å². The van der Waals surface area contributed by atoms with Gasteiger partial charge in [-0.2, -0.15) is 30.9 Å². The number of carbonyl (C=O) groups excluding carboxylic acids is 3. The predicted octanol–water partition coefficient (Wildman–Crippen LogP) is 16.4. The number of nitriles is 2. The number of aromatic nitrogens is 16. The molecule has 8 aromatic heterocycles. The summed E-state index contributed by atoms with van der Waals surface area (Å²) in [5.74, 6) is -7.96. The fourth-order valence-electron chi connectivity index (χ4n) is 21.2. The highest BCUT2D eigenvalue weighted by molar-refractivity contribution is 5.86. The summed E-state index contributed by atoms with van der Waals surface area (Å²) in [6.45, 7) is 30.1. The highest BCUT2D eigenvalue weighted by atomic mass is 35.5. The largest absolute Gasteiger partial charge is 0.481 e. The van der Waals surface area contributed by atoms with Gasteiger partial charge in [0.15, 0.2) is 6.20 Å². The Balaban J connectivity index is 0.000000252. The first kappa shape index (κ1) is 112. The quantitative estimate of drug-likeness (QED) is 0.0275. The second-order valence-electron chi connectivity index (χ2n) is 40.8. The van der Waals surface area contributed by atoms with E-state index >= 15 is 0 Å². The minimum Gasteiger partial charge on any atom is -0.481 e. The molecule has 146 heavy (non-hydrogen) atoms. The van der Waals surface area contributed by atoms with Crippen molar-refractivity contribution in [1.82, 2.24) is 119 Å². The molecule has 3 amide bonds. The number of hydrogen-bond acceptors (Lipinski definition) is 29. The number of amides is 3. The van der Waals surface area contributed by atoms with Crippen molar-refractivity contribution < 1.29 is 58.5 Å². The number of anilines is 8. The van der Waals surface area contributed by atoms with Crippen molar-refractivity contribution >= 4 is 130 Å². The molecule has 12 aliphatic heterocycles. The molecule has 8 bridgehead atoms. The molecule has 8 unspecified atom stereocenters. The van der Waals surface area contributed by atoms with Crippen LogP contribution in [-0.4, -0.2) is 284 Å². The van der Waals surface area contributed by atoms with Gasteiger partial charge in [-0.15, -0.1) is 37.2 Å². The van der Waals surface area contributed by atoms with Gasteiger partial charge in [0.05, 0.1) is 113 Å². The maximum absolute atomic E-state index is 13.4. The third kappa shape index (κ3) is 25.9. The number of alkyl halides is 4. The molecule has 0 radical (unpaired) electrons. The number of fused-ring (bicyclic) bond motifs is 8. The van der Waals surface area contributed by atoms with E-state index in [1.54, 1.807) is 65.7 Å². The maximum atomic E-state index is 13.4. The van der Waals surface area contributed by atoms with Gasteiger partial charge >= 0.3 is 18.2 Å². The van der Waals surface area contributed by atoms with Gasteiger partial charge in [0.2, 0.25) is 36.2 Å². The van der Waals surface area contributed by atoms with Crippen LogP contribution in [0.1, 0.15) is 189 Å². The fourth-order valence-corrected chi connectivity index (χ4v) is 21.2. The third-order valence-electron chi connectivity index (χ3n) is 27.7. The normalized spacial score (nSPS) is 23.9. The zero-order valence-electron chi connectivity index (χ0n) is 81.8. The summed E-state index contributed by atoms with van der Waals surface area (Å²) in [5, 5.41) is 63.3. The molecule has 0 aromatic carbocycles. The summed E-state index contributed by atoms with van der Waals surface area (Å²) in [7, 11) is 7.48. The lowest BCUT2D eigenvalue weighted by atomic mass is 9.81. The van der Waals surface area contributed by atoms with E-state index in [4.69, 9.17) is 42.7 Å². The van der Waals surface area contributed by atoms with Crippen molar-refractivity contribution in [3.63, 3.8) is 0 Å². The fraction of sp³-hybridized carbons (Fsp3) is 0.540. The van der Waals surface area contributed by atoms with Crippen LogP contribution in [0, 0.1) is 47.6 Å². The lowest BCUT2D eigenvalue weighted by Crippen LogP contribution is -2.75. The van der Waals surface area contributed by atoms with E-state index in [1.165, 1.54) is 47.1 Å². The van der Waals surface area contributed by atoms with Gasteiger partial charge in [0, 0.05) is 198 Å². The summed E-state index contributed by atoms with van der Waals surface area (Å²) in [5.41, 5.74) is 11.4. The van der Waals surface area contributed by atoms with E-state index < -0.39 is 58.7 Å². The molecule has 0 spiro atoms. The van der Waals surface area contributed by atoms with E-state index in [0.29, 0.717) is 106 Å². The number of nitrogens with one attached hydrogen (secondary N) is 6. The molecule has 46 heteroatoms. The molecule has 2 saturated carbocycles. The van der Waals surface area contributed by atoms with Gasteiger partial charge < -0.3 is 66.0 Å². The first-order chi connectivity index (χ1) is 67.3. The van der Waals surface area contributed by atoms with Crippen LogP contribution in [0.5, 0.6) is 0 Å². The Hall–Kier alpha value is -13.1. The van der Waals surface area contributed by atoms with Crippen molar-refractivity contribution in [2.24, 2.45) is 40.0 Å². The van der Waals surface area contributed by atoms with Gasteiger partial charge in [-0.25, -0.2) is 78.4 Å². The predicted molar refractivity (Wildman–Crippen MR) is 560 cm³/mol. The molecule has 14 aliphatic rings. The number of halogens is 7. The van der Waals surface area contributed by atoms with Gasteiger partial charge in [-0.1, -0.05) is 39.2 Å². The molecule has 10 atom stereocenters. The van der Waals surface area contributed by atoms with Crippen LogP contribution in [0.15, 0.2) is 135 Å². The van der Waals surface area contributed by atoms with E-state index in [0.717, 1.165) is 128 Å². The first-order valence-corrected chi connectivity index (χ1v) is 47.7. The monoisotopic (exact) mass is 2080 g/mol. The number of aryl methyl sites for hydroxylation is 4. The smallest absolute Gasteiger partial charge is 0.410 e. The van der Waals surface area contributed by atoms with Crippen LogP contribution >= 0.6 is 37.2 Å². The molecule has 20 heterocycles. The number of carbonyl (C=O) groups is 4. The molecule has 8 aromatic rings. The van der Waals surface area contributed by atoms with E-state index in [9.17, 15) is 47.3 Å². The Morgan fingerprint density at radius 3 is 1.18 bits per heavy atom. The molecule has 10 fully saturated rings. The van der Waals surface area contributed by atoms with Gasteiger partial charge in [-0.05, 0) is 171 Å². The Labute approximate surface area is 873 Å². The number of hydrogen-bond donors (Lipinski definition) is 7. The third-order valence-corrected chi connectivity index (χ3v) is 27.7. The number of carboxylic acids is 1. The standard InChI is InChI=1S/C25H32N8O2.C24H26F2N8O.C20H24N8.C15H18N6.C10H14N2O2.C4H4F2O2.2CH4.3ClH.5H2/c1-24(2,3)35-23(34)32-15-25(16-32,8-9-26)33-19-5-6-20(33)12-17(11-19)21-7-10-27-22(30-21)29-18-13-28-31(4)14-18;1-27-12-23(13-33(14-23)21(35)19-9-24(19,25)26)34-17-3-4-18(34)8-15(7-17)20-5-6-28-22(31-20)30-16-10-29-32(2)11-16;1-27-11-15(10-24-27)25-19-23-7-4-18(26-19)14-8-16-2-3-17(9-14)28(16)20(5-6-21)12-22-13-20;1-21-9-13(8-17-21)19-15-16-5-4-14(20-15)10-6-11-2-3-12(7-10)18-11;1-10(2,3)14-9(13)12-6-8(7-12)5-11-4;5-4(6)1-2(4)3(7)8;;;;;;;;;;/h7,10-11,13-14,19-20H,5-6,8,12,15-16H2,1-4H3,(H,27,29,30);5-7,10-11,17-19H,3-4,8-9,12-14H2,2H3,(H,28,30,31);4,7-8,10-11,16-17,22H,2-3,5,9,12-13H2,1H3,(H,23,25,26);4-6,8-9,11-12,18H,2-3,7H2,1H3,(H,16,19,20);5H,6-7H2,1-3H3;2H,1H2,(H,7,8);2*1H4;8*1H/t;17?,18?,19-;;;;2-;;;;;;;;;;/m.0...0........../s1. The molecular formula is C100H139Cl3F4N32O7. The lowest BCUT2D eigenvalue weighted by molar-refractivity contribution is -0.151. The number of aliphatic carboxylic acids is 1. The molecule has 2 aliphatic carbocycles. The highest BCUT2D eigenvalue weighted by Gasteiger charge is 2.67. The average Bonchev–Trinajstić information content (AvgIpc) is 1.51. The van der Waals surface area contributed by atoms with Gasteiger partial charge in [0.25, 0.3) is 11.8 Å². The summed E-state index contributed by atoms with van der Waals surface area (Å²) in [4.78, 5) is 101. The number of nitrogens with zero attached hydrogens (tertiary/aromatic N) is 26. The SMILES string of the molecule is C.C.Cl.Cl.Cl.Cn1cc(Nc2nccc(C3=CC4CCC(C3)N4)n2)cn1.Cn1cc(Nc2nccc(C3=CC4CCC(C3)N4C3(CC#N)CN(C(=O)OC(C)(C)C)C3)n2)cn1.Cn1cc(Nc2nccc(C3=CC4CCC(C3)N4C3(CC#N)CNC3)n2)cn1.O=C(O)[C@@H]1CC1(F)F.[C-]#[N+]C=C1CN(C(=O)OC(C)(C)C)C1.[C-]#[N+]CC1(N2C3C=C(c4ccnc(Nc5cnn(C)c5)n4)CC2CC3)CN(C(=O)[C@@H]2CC2(F)F)C1.[HH].[HH].[HH].[HH].[HH]. The second-order valence-corrected chi connectivity index (χ2v) is 40.8. The zero-order valence-corrected chi connectivity index (χ0v) is 84.3. The first-order valence-electron chi connectivity index (χ1n) is 47.7. The summed E-state index contributed by atoms with van der Waals surface area (Å²) in [6.07, 6.45) is 44.4. The van der Waals surface area contributed by atoms with Crippen LogP contribution < -0.4 is 31.9 Å². The van der Waals surface area contributed by atoms with E-state index in [-0.39, 0.29) is 114 Å².